The molecule has 0 aliphatic carbocycles. The molecule has 0 bridgehead atoms. The Balaban J connectivity index is 3.12. The second kappa shape index (κ2) is 4.21. The van der Waals surface area contributed by atoms with Gasteiger partial charge in [0.25, 0.3) is 0 Å². The van der Waals surface area contributed by atoms with Crippen LogP contribution in [0.25, 0.3) is 10.4 Å². The Kier molecular flexibility index (Phi) is 3.37. The quantitative estimate of drug-likeness (QED) is 0.423. The first kappa shape index (κ1) is 12.0. The Bertz CT molecular complexity index is 396. The lowest BCUT2D eigenvalue weighted by atomic mass is 9.98. The van der Waals surface area contributed by atoms with E-state index in [0.717, 1.165) is 15.6 Å². The number of hydrogen-bond acceptors (Lipinski definition) is 3. The zero-order valence-corrected chi connectivity index (χ0v) is 10.6. The molecule has 1 rings (SSSR count). The molecule has 82 valence electrons. The van der Waals surface area contributed by atoms with E-state index in [0.29, 0.717) is 0 Å². The minimum atomic E-state index is -0.122. The highest BCUT2D eigenvalue weighted by atomic mass is 32.1. The molecule has 0 amide bonds. The largest absolute Gasteiger partial charge is 0.246 e. The predicted molar refractivity (Wildman–Crippen MR) is 63.1 cm³/mol. The van der Waals surface area contributed by atoms with Crippen molar-refractivity contribution in [2.75, 3.05) is 0 Å². The molecular formula is C10H16N4S. The molecule has 4 nitrogen and oxygen atoms in total. The molecule has 15 heavy (non-hydrogen) atoms. The Morgan fingerprint density at radius 3 is 2.47 bits per heavy atom. The molecule has 0 saturated carbocycles. The minimum Gasteiger partial charge on any atom is -0.246 e. The van der Waals surface area contributed by atoms with E-state index in [1.807, 2.05) is 13.8 Å². The maximum absolute atomic E-state index is 8.40. The van der Waals surface area contributed by atoms with Gasteiger partial charge in [-0.2, -0.15) is 0 Å². The van der Waals surface area contributed by atoms with Gasteiger partial charge in [0.15, 0.2) is 0 Å². The van der Waals surface area contributed by atoms with Crippen LogP contribution < -0.4 is 0 Å². The highest BCUT2D eigenvalue weighted by molar-refractivity contribution is 7.12. The molecular weight excluding hydrogens is 208 g/mol. The molecule has 1 aromatic heterocycles. The van der Waals surface area contributed by atoms with Crippen LogP contribution in [-0.4, -0.2) is 4.98 Å². The van der Waals surface area contributed by atoms with E-state index in [9.17, 15) is 0 Å². The van der Waals surface area contributed by atoms with Gasteiger partial charge in [0.05, 0.1) is 16.7 Å². The fraction of sp³-hybridized carbons (Fsp3) is 0.700. The summed E-state index contributed by atoms with van der Waals surface area (Å²) in [6.07, 6.45) is 0. The summed E-state index contributed by atoms with van der Waals surface area (Å²) in [5, 5.41) is 4.79. The number of hydrogen-bond donors (Lipinski definition) is 0. The summed E-state index contributed by atoms with van der Waals surface area (Å²) in [5.74, 6) is 0. The monoisotopic (exact) mass is 224 g/mol. The van der Waals surface area contributed by atoms with E-state index >= 15 is 0 Å². The fourth-order valence-electron chi connectivity index (χ4n) is 1.25. The van der Waals surface area contributed by atoms with Gasteiger partial charge in [-0.3, -0.25) is 0 Å². The first-order valence-corrected chi connectivity index (χ1v) is 5.70. The van der Waals surface area contributed by atoms with E-state index in [-0.39, 0.29) is 11.5 Å². The molecule has 0 spiro atoms. The van der Waals surface area contributed by atoms with Crippen molar-refractivity contribution in [1.29, 1.82) is 0 Å². The molecule has 0 radical (unpaired) electrons. The van der Waals surface area contributed by atoms with E-state index in [2.05, 4.69) is 35.8 Å². The van der Waals surface area contributed by atoms with Gasteiger partial charge in [-0.1, -0.05) is 32.8 Å². The van der Waals surface area contributed by atoms with Gasteiger partial charge in [0.2, 0.25) is 0 Å². The van der Waals surface area contributed by atoms with Crippen molar-refractivity contribution >= 4 is 11.3 Å². The lowest BCUT2D eigenvalue weighted by Crippen LogP contribution is -2.10. The molecule has 0 fully saturated rings. The Hall–Kier alpha value is -1.06. The molecule has 1 heterocycles. The Morgan fingerprint density at radius 1 is 1.47 bits per heavy atom. The van der Waals surface area contributed by atoms with Crippen LogP contribution in [0.5, 0.6) is 0 Å². The molecule has 0 unspecified atom stereocenters. The SMILES string of the molecule is Cc1nc(C(C)(C)C)sc1[C@H](C)N=[N+]=[N-]. The summed E-state index contributed by atoms with van der Waals surface area (Å²) in [5.41, 5.74) is 9.43. The highest BCUT2D eigenvalue weighted by Crippen LogP contribution is 2.33. The maximum Gasteiger partial charge on any atom is 0.0984 e. The van der Waals surface area contributed by atoms with Crippen molar-refractivity contribution in [3.05, 3.63) is 26.0 Å². The van der Waals surface area contributed by atoms with Crippen molar-refractivity contribution in [2.45, 2.75) is 46.1 Å². The molecule has 0 aliphatic heterocycles. The van der Waals surface area contributed by atoms with Gasteiger partial charge in [-0.15, -0.1) is 11.3 Å². The van der Waals surface area contributed by atoms with Crippen LogP contribution in [0.2, 0.25) is 0 Å². The van der Waals surface area contributed by atoms with E-state index in [1.54, 1.807) is 11.3 Å². The zero-order valence-electron chi connectivity index (χ0n) is 9.77. The lowest BCUT2D eigenvalue weighted by molar-refractivity contribution is 0.584. The van der Waals surface area contributed by atoms with E-state index in [1.165, 1.54) is 0 Å². The van der Waals surface area contributed by atoms with Crippen molar-refractivity contribution < 1.29 is 0 Å². The number of rotatable bonds is 2. The van der Waals surface area contributed by atoms with E-state index < -0.39 is 0 Å². The average molecular weight is 224 g/mol. The number of aryl methyl sites for hydroxylation is 1. The standard InChI is InChI=1S/C10H16N4S/c1-6-8(7(2)13-14-11)15-9(12-6)10(3,4)5/h7H,1-5H3/t7-/m0/s1. The average Bonchev–Trinajstić information content (AvgIpc) is 2.47. The molecule has 0 aromatic carbocycles. The topological polar surface area (TPSA) is 61.7 Å². The van der Waals surface area contributed by atoms with Crippen molar-refractivity contribution in [2.24, 2.45) is 5.11 Å². The summed E-state index contributed by atoms with van der Waals surface area (Å²) < 4.78 is 0. The summed E-state index contributed by atoms with van der Waals surface area (Å²) in [7, 11) is 0. The van der Waals surface area contributed by atoms with Crippen molar-refractivity contribution in [3.8, 4) is 0 Å². The van der Waals surface area contributed by atoms with Crippen molar-refractivity contribution in [3.63, 3.8) is 0 Å². The van der Waals surface area contributed by atoms with Crippen molar-refractivity contribution in [1.82, 2.24) is 4.98 Å². The third kappa shape index (κ3) is 2.70. The number of azide groups is 1. The van der Waals surface area contributed by atoms with Gasteiger partial charge in [0, 0.05) is 15.2 Å². The van der Waals surface area contributed by atoms with Gasteiger partial charge >= 0.3 is 0 Å². The van der Waals surface area contributed by atoms with E-state index in [4.69, 9.17) is 5.53 Å². The van der Waals surface area contributed by atoms with Gasteiger partial charge in [-0.05, 0) is 12.5 Å². The zero-order chi connectivity index (χ0) is 11.6. The summed E-state index contributed by atoms with van der Waals surface area (Å²) >= 11 is 1.64. The molecule has 0 saturated heterocycles. The van der Waals surface area contributed by atoms with Crippen LogP contribution >= 0.6 is 11.3 Å². The molecule has 5 heteroatoms. The van der Waals surface area contributed by atoms with Gasteiger partial charge in [0.1, 0.15) is 0 Å². The second-order valence-electron chi connectivity index (χ2n) is 4.60. The second-order valence-corrected chi connectivity index (χ2v) is 5.63. The molecule has 1 atom stereocenters. The van der Waals surface area contributed by atoms with Gasteiger partial charge in [-0.25, -0.2) is 4.98 Å². The number of thiazole rings is 1. The lowest BCUT2D eigenvalue weighted by Gasteiger charge is -2.13. The first-order valence-electron chi connectivity index (χ1n) is 4.88. The predicted octanol–water partition coefficient (Wildman–Crippen LogP) is 4.12. The third-order valence-corrected chi connectivity index (χ3v) is 3.83. The van der Waals surface area contributed by atoms with Crippen LogP contribution in [0.1, 0.15) is 49.3 Å². The molecule has 1 aromatic rings. The minimum absolute atomic E-state index is 0.0593. The number of aromatic nitrogens is 1. The molecule has 0 aliphatic rings. The highest BCUT2D eigenvalue weighted by Gasteiger charge is 2.21. The molecule has 0 N–H and O–H groups in total. The van der Waals surface area contributed by atoms with Crippen LogP contribution in [0, 0.1) is 6.92 Å². The Labute approximate surface area is 94.0 Å². The number of nitrogens with zero attached hydrogens (tertiary/aromatic N) is 4. The summed E-state index contributed by atoms with van der Waals surface area (Å²) in [6, 6.07) is -0.122. The van der Waals surface area contributed by atoms with Crippen LogP contribution in [0.15, 0.2) is 5.11 Å². The Morgan fingerprint density at radius 2 is 2.07 bits per heavy atom. The first-order chi connectivity index (χ1) is 6.86. The van der Waals surface area contributed by atoms with Crippen LogP contribution in [0.4, 0.5) is 0 Å². The fourth-order valence-corrected chi connectivity index (χ4v) is 2.35. The smallest absolute Gasteiger partial charge is 0.0984 e. The van der Waals surface area contributed by atoms with Crippen LogP contribution in [-0.2, 0) is 5.41 Å². The third-order valence-electron chi connectivity index (χ3n) is 2.08. The summed E-state index contributed by atoms with van der Waals surface area (Å²) in [6.45, 7) is 10.3. The summed E-state index contributed by atoms with van der Waals surface area (Å²) in [4.78, 5) is 8.42. The van der Waals surface area contributed by atoms with Gasteiger partial charge < -0.3 is 0 Å². The maximum atomic E-state index is 8.40. The van der Waals surface area contributed by atoms with Crippen LogP contribution in [0.3, 0.4) is 0 Å². The normalized spacial score (nSPS) is 13.4.